The van der Waals surface area contributed by atoms with Gasteiger partial charge in [0.2, 0.25) is 5.95 Å². The molecule has 0 saturated heterocycles. The minimum atomic E-state index is 0.0932. The molecule has 0 bridgehead atoms. The molecular weight excluding hydrogens is 404 g/mol. The summed E-state index contributed by atoms with van der Waals surface area (Å²) in [6.07, 6.45) is 12.2. The van der Waals surface area contributed by atoms with Crippen molar-refractivity contribution in [2.24, 2.45) is 0 Å². The van der Waals surface area contributed by atoms with Gasteiger partial charge in [0.15, 0.2) is 0 Å². The van der Waals surface area contributed by atoms with Crippen molar-refractivity contribution in [3.63, 3.8) is 0 Å². The van der Waals surface area contributed by atoms with Crippen LogP contribution in [0.4, 0.5) is 5.95 Å². The van der Waals surface area contributed by atoms with Gasteiger partial charge in [0.1, 0.15) is 22.9 Å². The number of nitriles is 1. The van der Waals surface area contributed by atoms with Crippen LogP contribution in [0.15, 0.2) is 36.8 Å². The summed E-state index contributed by atoms with van der Waals surface area (Å²) in [6, 6.07) is 6.53. The predicted octanol–water partition coefficient (Wildman–Crippen LogP) is 3.91. The van der Waals surface area contributed by atoms with Crippen molar-refractivity contribution >= 4 is 17.0 Å². The van der Waals surface area contributed by atoms with E-state index in [1.165, 1.54) is 5.57 Å². The Kier molecular flexibility index (Phi) is 5.73. The highest BCUT2D eigenvalue weighted by Gasteiger charge is 2.25. The number of aromatic nitrogens is 4. The zero-order valence-electron chi connectivity index (χ0n) is 18.1. The summed E-state index contributed by atoms with van der Waals surface area (Å²) in [7, 11) is 0. The maximum absolute atomic E-state index is 9.56. The fraction of sp³-hybridized carbons (Fsp3) is 0.417. The molecule has 4 heterocycles. The molecule has 0 aromatic carbocycles. The van der Waals surface area contributed by atoms with Gasteiger partial charge in [0, 0.05) is 24.1 Å². The molecule has 1 aliphatic heterocycles. The van der Waals surface area contributed by atoms with E-state index in [0.29, 0.717) is 30.8 Å². The standard InChI is InChI=1S/C24H26N6O2/c1-16-6-9-26-24(28-16)29-20-2-4-21(5-3-20)32-22-12-18(17-7-10-31-11-8-17)15-30-23(22)19(13-25)14-27-30/h6-7,9,12,14-15,20-21H,2-5,8,10-11H2,1H3,(H,26,28,29). The lowest BCUT2D eigenvalue weighted by molar-refractivity contribution is 0.151. The van der Waals surface area contributed by atoms with Crippen LogP contribution in [0.3, 0.4) is 0 Å². The first-order valence-corrected chi connectivity index (χ1v) is 11.1. The third kappa shape index (κ3) is 4.30. The SMILES string of the molecule is Cc1ccnc(NC2CCC(Oc3cc(C4=CCOCC4)cn4ncc(C#N)c34)CC2)n1. The van der Waals surface area contributed by atoms with Crippen LogP contribution in [0.5, 0.6) is 5.75 Å². The molecular formula is C24H26N6O2. The van der Waals surface area contributed by atoms with Gasteiger partial charge in [0.05, 0.1) is 25.5 Å². The summed E-state index contributed by atoms with van der Waals surface area (Å²) < 4.78 is 13.7. The zero-order valence-corrected chi connectivity index (χ0v) is 18.1. The molecule has 0 spiro atoms. The molecule has 164 valence electrons. The van der Waals surface area contributed by atoms with Gasteiger partial charge in [0.25, 0.3) is 0 Å². The van der Waals surface area contributed by atoms with Gasteiger partial charge in [-0.2, -0.15) is 10.4 Å². The van der Waals surface area contributed by atoms with Crippen molar-refractivity contribution in [2.45, 2.75) is 51.2 Å². The second kappa shape index (κ2) is 8.97. The van der Waals surface area contributed by atoms with Crippen molar-refractivity contribution in [2.75, 3.05) is 18.5 Å². The maximum atomic E-state index is 9.56. The van der Waals surface area contributed by atoms with Gasteiger partial charge in [-0.15, -0.1) is 0 Å². The lowest BCUT2D eigenvalue weighted by Gasteiger charge is -2.30. The molecule has 5 rings (SSSR count). The molecule has 1 fully saturated rings. The first-order chi connectivity index (χ1) is 15.7. The molecule has 32 heavy (non-hydrogen) atoms. The minimum absolute atomic E-state index is 0.0932. The molecule has 3 aromatic heterocycles. The van der Waals surface area contributed by atoms with E-state index < -0.39 is 0 Å². The number of aryl methyl sites for hydroxylation is 1. The highest BCUT2D eigenvalue weighted by Crippen LogP contribution is 2.33. The van der Waals surface area contributed by atoms with E-state index in [9.17, 15) is 5.26 Å². The quantitative estimate of drug-likeness (QED) is 0.655. The number of ether oxygens (including phenoxy) is 2. The minimum Gasteiger partial charge on any atom is -0.488 e. The van der Waals surface area contributed by atoms with E-state index in [0.717, 1.165) is 54.6 Å². The number of pyridine rings is 1. The van der Waals surface area contributed by atoms with Gasteiger partial charge in [-0.05, 0) is 62.3 Å². The second-order valence-electron chi connectivity index (χ2n) is 8.37. The van der Waals surface area contributed by atoms with Crippen LogP contribution in [-0.4, -0.2) is 44.9 Å². The highest BCUT2D eigenvalue weighted by atomic mass is 16.5. The van der Waals surface area contributed by atoms with E-state index in [4.69, 9.17) is 9.47 Å². The van der Waals surface area contributed by atoms with Crippen molar-refractivity contribution < 1.29 is 9.47 Å². The average molecular weight is 431 g/mol. The number of nitrogens with zero attached hydrogens (tertiary/aromatic N) is 5. The Balaban J connectivity index is 1.33. The first-order valence-electron chi connectivity index (χ1n) is 11.1. The van der Waals surface area contributed by atoms with Gasteiger partial charge in [-0.3, -0.25) is 0 Å². The number of nitrogens with one attached hydrogen (secondary N) is 1. The Morgan fingerprint density at radius 3 is 2.91 bits per heavy atom. The van der Waals surface area contributed by atoms with Crippen LogP contribution in [0.2, 0.25) is 0 Å². The number of anilines is 1. The lowest BCUT2D eigenvalue weighted by Crippen LogP contribution is -2.32. The molecule has 1 N–H and O–H groups in total. The Morgan fingerprint density at radius 1 is 1.28 bits per heavy atom. The molecule has 2 aliphatic rings. The van der Waals surface area contributed by atoms with Gasteiger partial charge in [-0.1, -0.05) is 6.08 Å². The molecule has 3 aromatic rings. The molecule has 8 nitrogen and oxygen atoms in total. The lowest BCUT2D eigenvalue weighted by atomic mass is 9.93. The Bertz CT molecular complexity index is 1190. The average Bonchev–Trinajstić information content (AvgIpc) is 3.24. The molecule has 0 unspecified atom stereocenters. The smallest absolute Gasteiger partial charge is 0.223 e. The highest BCUT2D eigenvalue weighted by molar-refractivity contribution is 5.75. The van der Waals surface area contributed by atoms with E-state index in [1.54, 1.807) is 16.9 Å². The van der Waals surface area contributed by atoms with Gasteiger partial charge >= 0.3 is 0 Å². The third-order valence-corrected chi connectivity index (χ3v) is 6.13. The summed E-state index contributed by atoms with van der Waals surface area (Å²) in [4.78, 5) is 8.76. The Labute approximate surface area is 186 Å². The predicted molar refractivity (Wildman–Crippen MR) is 120 cm³/mol. The van der Waals surface area contributed by atoms with Crippen LogP contribution in [0.25, 0.3) is 11.1 Å². The van der Waals surface area contributed by atoms with Crippen molar-refractivity contribution in [3.8, 4) is 11.8 Å². The van der Waals surface area contributed by atoms with E-state index in [2.05, 4.69) is 38.6 Å². The van der Waals surface area contributed by atoms with E-state index in [1.807, 2.05) is 19.2 Å². The molecule has 0 amide bonds. The number of hydrogen-bond acceptors (Lipinski definition) is 7. The Morgan fingerprint density at radius 2 is 2.16 bits per heavy atom. The second-order valence-corrected chi connectivity index (χ2v) is 8.37. The normalized spacial score (nSPS) is 21.1. The fourth-order valence-electron chi connectivity index (χ4n) is 4.43. The van der Waals surface area contributed by atoms with Crippen LogP contribution in [0, 0.1) is 18.3 Å². The number of fused-ring (bicyclic) bond motifs is 1. The summed E-state index contributed by atoms with van der Waals surface area (Å²) in [5, 5.41) is 17.4. The van der Waals surface area contributed by atoms with Crippen LogP contribution < -0.4 is 10.1 Å². The molecule has 0 radical (unpaired) electrons. The van der Waals surface area contributed by atoms with Crippen molar-refractivity contribution in [3.05, 3.63) is 53.6 Å². The van der Waals surface area contributed by atoms with Gasteiger partial charge < -0.3 is 14.8 Å². The zero-order chi connectivity index (χ0) is 21.9. The molecule has 8 heteroatoms. The topological polar surface area (TPSA) is 97.4 Å². The molecule has 0 atom stereocenters. The molecule has 1 saturated carbocycles. The fourth-order valence-corrected chi connectivity index (χ4v) is 4.43. The van der Waals surface area contributed by atoms with Crippen LogP contribution in [0.1, 0.15) is 48.9 Å². The Hall–Kier alpha value is -3.44. The van der Waals surface area contributed by atoms with E-state index in [-0.39, 0.29) is 6.10 Å². The summed E-state index contributed by atoms with van der Waals surface area (Å²) in [5.41, 5.74) is 4.51. The molecule has 1 aliphatic carbocycles. The third-order valence-electron chi connectivity index (χ3n) is 6.13. The first kappa shape index (κ1) is 20.5. The monoisotopic (exact) mass is 430 g/mol. The summed E-state index contributed by atoms with van der Waals surface area (Å²) >= 11 is 0. The maximum Gasteiger partial charge on any atom is 0.223 e. The summed E-state index contributed by atoms with van der Waals surface area (Å²) in [5.74, 6) is 1.41. The van der Waals surface area contributed by atoms with E-state index >= 15 is 0 Å². The largest absolute Gasteiger partial charge is 0.488 e. The van der Waals surface area contributed by atoms with Crippen molar-refractivity contribution in [1.82, 2.24) is 19.6 Å². The summed E-state index contributed by atoms with van der Waals surface area (Å²) in [6.45, 7) is 3.30. The number of rotatable bonds is 5. The van der Waals surface area contributed by atoms with Crippen LogP contribution in [-0.2, 0) is 4.74 Å². The number of hydrogen-bond donors (Lipinski definition) is 1. The van der Waals surface area contributed by atoms with Crippen LogP contribution >= 0.6 is 0 Å². The van der Waals surface area contributed by atoms with Crippen molar-refractivity contribution in [1.29, 1.82) is 5.26 Å². The van der Waals surface area contributed by atoms with Gasteiger partial charge in [-0.25, -0.2) is 14.5 Å².